The Morgan fingerprint density at radius 1 is 1.43 bits per heavy atom. The van der Waals surface area contributed by atoms with Crippen LogP contribution in [0, 0.1) is 11.7 Å². The first-order chi connectivity index (χ1) is 6.74. The van der Waals surface area contributed by atoms with Crippen molar-refractivity contribution < 1.29 is 9.13 Å². The molecule has 1 atom stereocenters. The summed E-state index contributed by atoms with van der Waals surface area (Å²) in [4.78, 5) is 0. The molecule has 14 heavy (non-hydrogen) atoms. The minimum atomic E-state index is -0.203. The molecule has 0 aliphatic carbocycles. The van der Waals surface area contributed by atoms with Crippen LogP contribution >= 0.6 is 12.6 Å². The lowest BCUT2D eigenvalue weighted by Crippen LogP contribution is -2.07. The molecule has 0 N–H and O–H groups in total. The highest BCUT2D eigenvalue weighted by atomic mass is 32.1. The molecule has 1 aromatic carbocycles. The Morgan fingerprint density at radius 2 is 2.14 bits per heavy atom. The molecule has 1 aromatic rings. The predicted octanol–water partition coefficient (Wildman–Crippen LogP) is 2.91. The number of hydrogen-bond donors (Lipinski definition) is 1. The average molecular weight is 214 g/mol. The second kappa shape index (κ2) is 6.04. The molecule has 0 spiro atoms. The number of halogens is 1. The SMILES string of the molecule is CC(CS)COCc1ccccc1F. The summed E-state index contributed by atoms with van der Waals surface area (Å²) < 4.78 is 18.5. The van der Waals surface area contributed by atoms with E-state index in [1.54, 1.807) is 12.1 Å². The molecule has 1 unspecified atom stereocenters. The van der Waals surface area contributed by atoms with Gasteiger partial charge in [0.05, 0.1) is 13.2 Å². The molecular formula is C11H15FOS. The van der Waals surface area contributed by atoms with Gasteiger partial charge in [0.15, 0.2) is 0 Å². The lowest BCUT2D eigenvalue weighted by molar-refractivity contribution is 0.0963. The molecule has 0 saturated heterocycles. The first-order valence-electron chi connectivity index (χ1n) is 4.66. The molecule has 0 fully saturated rings. The predicted molar refractivity (Wildman–Crippen MR) is 59.1 cm³/mol. The summed E-state index contributed by atoms with van der Waals surface area (Å²) >= 11 is 4.14. The molecule has 3 heteroatoms. The van der Waals surface area contributed by atoms with Crippen LogP contribution in [-0.2, 0) is 11.3 Å². The number of ether oxygens (including phenoxy) is 1. The van der Waals surface area contributed by atoms with Crippen LogP contribution < -0.4 is 0 Å². The zero-order valence-corrected chi connectivity index (χ0v) is 9.14. The quantitative estimate of drug-likeness (QED) is 0.741. The van der Waals surface area contributed by atoms with Gasteiger partial charge in [-0.15, -0.1) is 0 Å². The molecule has 1 nitrogen and oxygen atoms in total. The van der Waals surface area contributed by atoms with Crippen molar-refractivity contribution in [2.45, 2.75) is 13.5 Å². The molecule has 0 heterocycles. The van der Waals surface area contributed by atoms with Gasteiger partial charge in [-0.05, 0) is 17.7 Å². The van der Waals surface area contributed by atoms with Crippen LogP contribution in [-0.4, -0.2) is 12.4 Å². The first kappa shape index (κ1) is 11.5. The summed E-state index contributed by atoms with van der Waals surface area (Å²) in [6, 6.07) is 6.67. The van der Waals surface area contributed by atoms with Gasteiger partial charge in [0.2, 0.25) is 0 Å². The zero-order valence-electron chi connectivity index (χ0n) is 8.24. The van der Waals surface area contributed by atoms with Crippen molar-refractivity contribution in [2.24, 2.45) is 5.92 Å². The molecule has 0 aliphatic rings. The molecular weight excluding hydrogens is 199 g/mol. The van der Waals surface area contributed by atoms with Gasteiger partial charge >= 0.3 is 0 Å². The Labute approximate surface area is 89.7 Å². The fourth-order valence-electron chi connectivity index (χ4n) is 1.04. The first-order valence-corrected chi connectivity index (χ1v) is 5.29. The third-order valence-corrected chi connectivity index (χ3v) is 2.55. The lowest BCUT2D eigenvalue weighted by Gasteiger charge is -2.09. The van der Waals surface area contributed by atoms with E-state index in [9.17, 15) is 4.39 Å². The van der Waals surface area contributed by atoms with Crippen molar-refractivity contribution in [3.63, 3.8) is 0 Å². The van der Waals surface area contributed by atoms with E-state index in [0.717, 1.165) is 5.75 Å². The maximum Gasteiger partial charge on any atom is 0.128 e. The van der Waals surface area contributed by atoms with E-state index in [1.165, 1.54) is 6.07 Å². The van der Waals surface area contributed by atoms with Crippen LogP contribution in [0.5, 0.6) is 0 Å². The average Bonchev–Trinajstić information content (AvgIpc) is 2.20. The third kappa shape index (κ3) is 3.68. The van der Waals surface area contributed by atoms with Crippen LogP contribution in [0.2, 0.25) is 0 Å². The van der Waals surface area contributed by atoms with Gasteiger partial charge < -0.3 is 4.74 Å². The van der Waals surface area contributed by atoms with Crippen LogP contribution in [0.1, 0.15) is 12.5 Å². The highest BCUT2D eigenvalue weighted by Crippen LogP contribution is 2.08. The van der Waals surface area contributed by atoms with Crippen LogP contribution in [0.25, 0.3) is 0 Å². The van der Waals surface area contributed by atoms with Gasteiger partial charge in [-0.25, -0.2) is 4.39 Å². The van der Waals surface area contributed by atoms with Crippen molar-refractivity contribution >= 4 is 12.6 Å². The van der Waals surface area contributed by atoms with Gasteiger partial charge in [0.1, 0.15) is 5.82 Å². The minimum Gasteiger partial charge on any atom is -0.376 e. The summed E-state index contributed by atoms with van der Waals surface area (Å²) in [7, 11) is 0. The Kier molecular flexibility index (Phi) is 4.98. The molecule has 0 aliphatic heterocycles. The highest BCUT2D eigenvalue weighted by Gasteiger charge is 2.02. The van der Waals surface area contributed by atoms with Gasteiger partial charge in [0, 0.05) is 5.56 Å². The zero-order chi connectivity index (χ0) is 10.4. The van der Waals surface area contributed by atoms with E-state index in [0.29, 0.717) is 24.7 Å². The van der Waals surface area contributed by atoms with E-state index in [2.05, 4.69) is 12.6 Å². The maximum absolute atomic E-state index is 13.1. The summed E-state index contributed by atoms with van der Waals surface area (Å²) in [5.41, 5.74) is 0.610. The van der Waals surface area contributed by atoms with E-state index >= 15 is 0 Å². The Hall–Kier alpha value is -0.540. The number of rotatable bonds is 5. The summed E-state index contributed by atoms with van der Waals surface area (Å²) in [6.45, 7) is 3.01. The molecule has 1 rings (SSSR count). The Balaban J connectivity index is 2.35. The summed E-state index contributed by atoms with van der Waals surface area (Å²) in [5, 5.41) is 0. The minimum absolute atomic E-state index is 0.203. The van der Waals surface area contributed by atoms with Crippen molar-refractivity contribution in [2.75, 3.05) is 12.4 Å². The number of hydrogen-bond acceptors (Lipinski definition) is 2. The molecule has 0 radical (unpaired) electrons. The van der Waals surface area contributed by atoms with Crippen LogP contribution in [0.15, 0.2) is 24.3 Å². The molecule has 0 bridgehead atoms. The fourth-order valence-corrected chi connectivity index (χ4v) is 1.14. The van der Waals surface area contributed by atoms with Crippen LogP contribution in [0.4, 0.5) is 4.39 Å². The standard InChI is InChI=1S/C11H15FOS/c1-9(8-14)6-13-7-10-4-2-3-5-11(10)12/h2-5,9,14H,6-8H2,1H3. The topological polar surface area (TPSA) is 9.23 Å². The normalized spacial score (nSPS) is 12.8. The fraction of sp³-hybridized carbons (Fsp3) is 0.455. The van der Waals surface area contributed by atoms with E-state index in [1.807, 2.05) is 13.0 Å². The smallest absolute Gasteiger partial charge is 0.128 e. The van der Waals surface area contributed by atoms with Crippen molar-refractivity contribution in [1.29, 1.82) is 0 Å². The molecule has 0 saturated carbocycles. The lowest BCUT2D eigenvalue weighted by atomic mass is 10.2. The van der Waals surface area contributed by atoms with E-state index in [4.69, 9.17) is 4.74 Å². The van der Waals surface area contributed by atoms with E-state index < -0.39 is 0 Å². The van der Waals surface area contributed by atoms with Gasteiger partial charge in [-0.1, -0.05) is 25.1 Å². The van der Waals surface area contributed by atoms with Crippen molar-refractivity contribution in [3.8, 4) is 0 Å². The van der Waals surface area contributed by atoms with Gasteiger partial charge in [-0.3, -0.25) is 0 Å². The molecule has 78 valence electrons. The Morgan fingerprint density at radius 3 is 2.79 bits per heavy atom. The van der Waals surface area contributed by atoms with Crippen LogP contribution in [0.3, 0.4) is 0 Å². The van der Waals surface area contributed by atoms with Gasteiger partial charge in [0.25, 0.3) is 0 Å². The van der Waals surface area contributed by atoms with E-state index in [-0.39, 0.29) is 5.82 Å². The molecule has 0 amide bonds. The number of benzene rings is 1. The third-order valence-electron chi connectivity index (χ3n) is 1.93. The van der Waals surface area contributed by atoms with Crippen molar-refractivity contribution in [3.05, 3.63) is 35.6 Å². The summed E-state index contributed by atoms with van der Waals surface area (Å²) in [5.74, 6) is 0.994. The maximum atomic E-state index is 13.1. The van der Waals surface area contributed by atoms with Gasteiger partial charge in [-0.2, -0.15) is 12.6 Å². The second-order valence-corrected chi connectivity index (χ2v) is 3.76. The van der Waals surface area contributed by atoms with Crippen molar-refractivity contribution in [1.82, 2.24) is 0 Å². The highest BCUT2D eigenvalue weighted by molar-refractivity contribution is 7.80. The number of thiol groups is 1. The Bertz CT molecular complexity index is 278. The molecule has 0 aromatic heterocycles. The largest absolute Gasteiger partial charge is 0.376 e. The monoisotopic (exact) mass is 214 g/mol. The second-order valence-electron chi connectivity index (χ2n) is 3.39. The summed E-state index contributed by atoms with van der Waals surface area (Å²) in [6.07, 6.45) is 0.